The number of Topliss-reactive ketones (excluding diaryl/α,β-unsaturated/α-hetero) is 1. The van der Waals surface area contributed by atoms with Gasteiger partial charge in [-0.05, 0) is 49.7 Å². The highest BCUT2D eigenvalue weighted by Gasteiger charge is 2.16. The molecule has 1 N–H and O–H groups in total. The van der Waals surface area contributed by atoms with E-state index in [1.165, 1.54) is 19.1 Å². The van der Waals surface area contributed by atoms with Crippen molar-refractivity contribution in [2.45, 2.75) is 13.8 Å². The fraction of sp³-hybridized carbons (Fsp3) is 0.176. The number of amides is 1. The van der Waals surface area contributed by atoms with Crippen LogP contribution < -0.4 is 10.1 Å². The summed E-state index contributed by atoms with van der Waals surface area (Å²) in [7, 11) is 0. The number of anilines is 1. The minimum absolute atomic E-state index is 0.0639. The second-order valence-corrected chi connectivity index (χ2v) is 5.20. The van der Waals surface area contributed by atoms with Crippen molar-refractivity contribution in [1.82, 2.24) is 0 Å². The van der Waals surface area contributed by atoms with E-state index in [0.717, 1.165) is 5.56 Å². The minimum Gasteiger partial charge on any atom is -0.484 e. The van der Waals surface area contributed by atoms with Gasteiger partial charge in [-0.2, -0.15) is 0 Å². The maximum absolute atomic E-state index is 11.9. The smallest absolute Gasteiger partial charge is 0.293 e. The molecule has 2 aromatic rings. The number of nitro groups is 1. The molecule has 0 heterocycles. The Hall–Kier alpha value is -3.22. The monoisotopic (exact) mass is 328 g/mol. The number of rotatable bonds is 6. The Morgan fingerprint density at radius 1 is 1.17 bits per heavy atom. The van der Waals surface area contributed by atoms with Gasteiger partial charge in [0.2, 0.25) is 0 Å². The van der Waals surface area contributed by atoms with Gasteiger partial charge in [0, 0.05) is 11.6 Å². The van der Waals surface area contributed by atoms with Gasteiger partial charge in [0.15, 0.2) is 12.4 Å². The van der Waals surface area contributed by atoms with Crippen molar-refractivity contribution >= 4 is 23.1 Å². The largest absolute Gasteiger partial charge is 0.484 e. The predicted octanol–water partition coefficient (Wildman–Crippen LogP) is 3.12. The molecule has 0 aliphatic rings. The summed E-state index contributed by atoms with van der Waals surface area (Å²) in [5.41, 5.74) is 1.21. The van der Waals surface area contributed by atoms with Crippen LogP contribution in [0.2, 0.25) is 0 Å². The van der Waals surface area contributed by atoms with Crippen LogP contribution in [0.5, 0.6) is 5.75 Å². The molecule has 0 spiro atoms. The lowest BCUT2D eigenvalue weighted by Gasteiger charge is -2.08. The molecule has 2 rings (SSSR count). The highest BCUT2D eigenvalue weighted by molar-refractivity contribution is 5.95. The van der Waals surface area contributed by atoms with Crippen LogP contribution >= 0.6 is 0 Å². The first kappa shape index (κ1) is 17.1. The van der Waals surface area contributed by atoms with Gasteiger partial charge in [-0.3, -0.25) is 19.7 Å². The van der Waals surface area contributed by atoms with Crippen LogP contribution in [0, 0.1) is 17.0 Å². The molecule has 2 aromatic carbocycles. The topological polar surface area (TPSA) is 98.5 Å². The van der Waals surface area contributed by atoms with Crippen molar-refractivity contribution in [1.29, 1.82) is 0 Å². The summed E-state index contributed by atoms with van der Waals surface area (Å²) >= 11 is 0. The molecular weight excluding hydrogens is 312 g/mol. The molecule has 0 saturated carbocycles. The zero-order chi connectivity index (χ0) is 17.7. The Morgan fingerprint density at radius 3 is 2.42 bits per heavy atom. The van der Waals surface area contributed by atoms with Gasteiger partial charge in [0.1, 0.15) is 11.4 Å². The molecule has 0 fully saturated rings. The van der Waals surface area contributed by atoms with E-state index in [9.17, 15) is 19.7 Å². The highest BCUT2D eigenvalue weighted by Crippen LogP contribution is 2.25. The molecule has 0 aliphatic carbocycles. The number of nitro benzene ring substituents is 1. The van der Waals surface area contributed by atoms with Crippen LogP contribution in [0.1, 0.15) is 22.8 Å². The van der Waals surface area contributed by atoms with Crippen LogP contribution in [0.25, 0.3) is 0 Å². The maximum Gasteiger partial charge on any atom is 0.293 e. The lowest BCUT2D eigenvalue weighted by molar-refractivity contribution is -0.384. The number of nitrogens with zero attached hydrogens (tertiary/aromatic N) is 1. The van der Waals surface area contributed by atoms with E-state index in [4.69, 9.17) is 4.74 Å². The number of aryl methyl sites for hydroxylation is 1. The van der Waals surface area contributed by atoms with Crippen LogP contribution in [0.4, 0.5) is 11.4 Å². The quantitative estimate of drug-likeness (QED) is 0.499. The lowest BCUT2D eigenvalue weighted by atomic mass is 10.1. The number of hydrogen-bond acceptors (Lipinski definition) is 5. The van der Waals surface area contributed by atoms with Gasteiger partial charge in [-0.15, -0.1) is 0 Å². The van der Waals surface area contributed by atoms with Crippen molar-refractivity contribution in [2.75, 3.05) is 11.9 Å². The van der Waals surface area contributed by atoms with E-state index < -0.39 is 10.8 Å². The first-order chi connectivity index (χ1) is 11.4. The van der Waals surface area contributed by atoms with Gasteiger partial charge in [0.05, 0.1) is 4.92 Å². The van der Waals surface area contributed by atoms with Crippen LogP contribution in [-0.2, 0) is 4.79 Å². The molecular formula is C17H16N2O5. The fourth-order valence-electron chi connectivity index (χ4n) is 2.02. The number of carbonyl (C=O) groups is 2. The number of benzene rings is 2. The summed E-state index contributed by atoms with van der Waals surface area (Å²) < 4.78 is 5.31. The Kier molecular flexibility index (Phi) is 5.26. The van der Waals surface area contributed by atoms with Crippen molar-refractivity contribution in [3.8, 4) is 5.75 Å². The van der Waals surface area contributed by atoms with Gasteiger partial charge in [-0.1, -0.05) is 6.07 Å². The van der Waals surface area contributed by atoms with E-state index in [0.29, 0.717) is 11.3 Å². The zero-order valence-corrected chi connectivity index (χ0v) is 13.2. The van der Waals surface area contributed by atoms with Crippen LogP contribution in [0.3, 0.4) is 0 Å². The average Bonchev–Trinajstić information content (AvgIpc) is 2.54. The molecule has 0 aromatic heterocycles. The fourth-order valence-corrected chi connectivity index (χ4v) is 2.02. The van der Waals surface area contributed by atoms with E-state index in [-0.39, 0.29) is 23.8 Å². The molecule has 0 atom stereocenters. The van der Waals surface area contributed by atoms with Crippen LogP contribution in [0.15, 0.2) is 42.5 Å². The van der Waals surface area contributed by atoms with Gasteiger partial charge in [0.25, 0.3) is 11.6 Å². The van der Waals surface area contributed by atoms with Gasteiger partial charge >= 0.3 is 0 Å². The van der Waals surface area contributed by atoms with E-state index in [1.807, 2.05) is 0 Å². The molecule has 0 saturated heterocycles. The average molecular weight is 328 g/mol. The number of nitrogens with one attached hydrogen (secondary N) is 1. The summed E-state index contributed by atoms with van der Waals surface area (Å²) in [6.45, 7) is 2.88. The molecule has 0 aliphatic heterocycles. The van der Waals surface area contributed by atoms with E-state index in [1.54, 1.807) is 37.3 Å². The third kappa shape index (κ3) is 4.39. The van der Waals surface area contributed by atoms with E-state index in [2.05, 4.69) is 5.32 Å². The van der Waals surface area contributed by atoms with Crippen LogP contribution in [-0.4, -0.2) is 23.2 Å². The Bertz CT molecular complexity index is 784. The number of hydrogen-bond donors (Lipinski definition) is 1. The third-order valence-corrected chi connectivity index (χ3v) is 3.25. The number of carbonyl (C=O) groups excluding carboxylic acids is 2. The Balaban J connectivity index is 1.99. The normalized spacial score (nSPS) is 10.1. The highest BCUT2D eigenvalue weighted by atomic mass is 16.6. The second kappa shape index (κ2) is 7.36. The number of ether oxygens (including phenoxy) is 1. The van der Waals surface area contributed by atoms with Gasteiger partial charge in [-0.25, -0.2) is 0 Å². The molecule has 124 valence electrons. The summed E-state index contributed by atoms with van der Waals surface area (Å²) in [6.07, 6.45) is 0. The maximum atomic E-state index is 11.9. The molecule has 0 unspecified atom stereocenters. The zero-order valence-electron chi connectivity index (χ0n) is 13.2. The molecule has 7 nitrogen and oxygen atoms in total. The molecule has 1 amide bonds. The molecule has 7 heteroatoms. The predicted molar refractivity (Wildman–Crippen MR) is 88.4 cm³/mol. The summed E-state index contributed by atoms with van der Waals surface area (Å²) in [5.74, 6) is -0.155. The first-order valence-corrected chi connectivity index (χ1v) is 7.15. The molecule has 24 heavy (non-hydrogen) atoms. The van der Waals surface area contributed by atoms with Crippen molar-refractivity contribution < 1.29 is 19.2 Å². The SMILES string of the molecule is CC(=O)c1ccc(OCC(=O)Nc2ccc(C)cc2[N+](=O)[O-])cc1. The summed E-state index contributed by atoms with van der Waals surface area (Å²) in [4.78, 5) is 33.6. The van der Waals surface area contributed by atoms with Crippen molar-refractivity contribution in [3.63, 3.8) is 0 Å². The Morgan fingerprint density at radius 2 is 1.83 bits per heavy atom. The minimum atomic E-state index is -0.552. The molecule has 0 radical (unpaired) electrons. The van der Waals surface area contributed by atoms with Crippen molar-refractivity contribution in [2.24, 2.45) is 0 Å². The lowest BCUT2D eigenvalue weighted by Crippen LogP contribution is -2.20. The standard InChI is InChI=1S/C17H16N2O5/c1-11-3-8-15(16(9-11)19(22)23)18-17(21)10-24-14-6-4-13(5-7-14)12(2)20/h3-9H,10H2,1-2H3,(H,18,21). The summed E-state index contributed by atoms with van der Waals surface area (Å²) in [5, 5.41) is 13.5. The van der Waals surface area contributed by atoms with Crippen molar-refractivity contribution in [3.05, 3.63) is 63.7 Å². The number of ketones is 1. The summed E-state index contributed by atoms with van der Waals surface area (Å²) in [6, 6.07) is 10.9. The van der Waals surface area contributed by atoms with Gasteiger partial charge < -0.3 is 10.1 Å². The Labute approximate surface area is 138 Å². The third-order valence-electron chi connectivity index (χ3n) is 3.25. The molecule has 0 bridgehead atoms. The second-order valence-electron chi connectivity index (χ2n) is 5.20. The first-order valence-electron chi connectivity index (χ1n) is 7.15. The van der Waals surface area contributed by atoms with E-state index >= 15 is 0 Å².